The maximum Gasteiger partial charge on any atom is 0.137 e. The Morgan fingerprint density at radius 2 is 0.743 bits per heavy atom. The molecule has 0 fully saturated rings. The van der Waals surface area contributed by atoms with Crippen LogP contribution in [-0.4, -0.2) is 9.97 Å². The first-order valence-corrected chi connectivity index (χ1v) is 23.9. The first kappa shape index (κ1) is 39.8. The molecule has 0 bridgehead atoms. The molecule has 0 radical (unpaired) electrons. The summed E-state index contributed by atoms with van der Waals surface area (Å²) in [6.07, 6.45) is 5.60. The third-order valence-electron chi connectivity index (χ3n) is 14.3. The van der Waals surface area contributed by atoms with Gasteiger partial charge in [-0.25, -0.2) is 4.98 Å². The number of benzene rings is 10. The molecule has 10 aromatic carbocycles. The summed E-state index contributed by atoms with van der Waals surface area (Å²) < 4.78 is 0. The third kappa shape index (κ3) is 6.38. The number of hydrogen-bond acceptors (Lipinski definition) is 4. The van der Waals surface area contributed by atoms with E-state index in [-0.39, 0.29) is 0 Å². The molecule has 2 aliphatic rings. The van der Waals surface area contributed by atoms with Gasteiger partial charge in [0.15, 0.2) is 0 Å². The van der Waals surface area contributed by atoms with Crippen LogP contribution in [0, 0.1) is 0 Å². The monoisotopic (exact) mass is 890 g/mol. The van der Waals surface area contributed by atoms with Gasteiger partial charge in [-0.2, -0.15) is 0 Å². The van der Waals surface area contributed by atoms with Crippen LogP contribution in [0.3, 0.4) is 0 Å². The fourth-order valence-corrected chi connectivity index (χ4v) is 11.2. The number of anilines is 6. The smallest absolute Gasteiger partial charge is 0.137 e. The Labute approximate surface area is 406 Å². The summed E-state index contributed by atoms with van der Waals surface area (Å²) in [5, 5.41) is 5.18. The van der Waals surface area contributed by atoms with Gasteiger partial charge < -0.3 is 4.90 Å². The lowest BCUT2D eigenvalue weighted by Crippen LogP contribution is -2.11. The van der Waals surface area contributed by atoms with Crippen molar-refractivity contribution in [3.63, 3.8) is 0 Å². The Balaban J connectivity index is 0.794. The van der Waals surface area contributed by atoms with E-state index < -0.39 is 0 Å². The van der Waals surface area contributed by atoms with E-state index in [0.717, 1.165) is 39.8 Å². The quantitative estimate of drug-likeness (QED) is 0.145. The highest BCUT2D eigenvalue weighted by atomic mass is 15.2. The Kier molecular flexibility index (Phi) is 9.17. The average molecular weight is 891 g/mol. The van der Waals surface area contributed by atoms with Gasteiger partial charge in [-0.05, 0) is 178 Å². The number of fused-ring (bicyclic) bond motifs is 6. The summed E-state index contributed by atoms with van der Waals surface area (Å²) in [5.74, 6) is 0.860. The summed E-state index contributed by atoms with van der Waals surface area (Å²) >= 11 is 0. The Bertz CT molecular complexity index is 3910. The fraction of sp³-hybridized carbons (Fsp3) is 0. The molecular formula is C66H42N4. The molecule has 0 amide bonds. The van der Waals surface area contributed by atoms with Crippen molar-refractivity contribution in [2.75, 3.05) is 9.80 Å². The van der Waals surface area contributed by atoms with E-state index in [2.05, 4.69) is 239 Å². The lowest BCUT2D eigenvalue weighted by atomic mass is 9.94. The number of aromatic nitrogens is 2. The third-order valence-corrected chi connectivity index (χ3v) is 14.3. The lowest BCUT2D eigenvalue weighted by molar-refractivity contribution is 1.18. The molecule has 0 unspecified atom stereocenters. The van der Waals surface area contributed by atoms with Gasteiger partial charge >= 0.3 is 0 Å². The highest BCUT2D eigenvalue weighted by molar-refractivity contribution is 6.20. The maximum atomic E-state index is 4.88. The van der Waals surface area contributed by atoms with Gasteiger partial charge in [0.2, 0.25) is 0 Å². The van der Waals surface area contributed by atoms with Crippen molar-refractivity contribution in [2.45, 2.75) is 0 Å². The SMILES string of the molecule is c1ccc(N(c2ccc(-c3ccc4c5c(cccc35)-c3cc(-c5cccc(N(c6ccc(-c7ccc8c9c(cccc79)-c7ccccc7-8)cc6)c6ccccn6)c5)ccc3-4)cc2)c2cccnc2)cc1. The summed E-state index contributed by atoms with van der Waals surface area (Å²) in [5.41, 5.74) is 22.7. The molecule has 0 atom stereocenters. The summed E-state index contributed by atoms with van der Waals surface area (Å²) in [4.78, 5) is 13.8. The first-order valence-electron chi connectivity index (χ1n) is 23.9. The standard InChI is InChI=1S/C66H42N4/c1-2-13-47(14-3-1)69(51-16-11-38-67-42-51)48-29-24-43(25-30-48)53-35-37-62-56-33-28-46(41-63(56)60-22-10-20-58(53)66(60)62)45-12-8-15-50(40-45)70(64-23-6-7-39-68-64)49-31-26-44(27-32-49)52-34-36-61-55-18-5-4-17-54(55)59-21-9-19-57(52)65(59)61/h1-42H. The van der Waals surface area contributed by atoms with Crippen molar-refractivity contribution in [2.24, 2.45) is 0 Å². The van der Waals surface area contributed by atoms with Crippen molar-refractivity contribution in [3.05, 3.63) is 255 Å². The molecule has 12 aromatic rings. The van der Waals surface area contributed by atoms with E-state index in [9.17, 15) is 0 Å². The molecule has 70 heavy (non-hydrogen) atoms. The summed E-state index contributed by atoms with van der Waals surface area (Å²) in [6, 6.07) is 85.8. The summed E-state index contributed by atoms with van der Waals surface area (Å²) in [6.45, 7) is 0. The zero-order valence-electron chi connectivity index (χ0n) is 38.0. The van der Waals surface area contributed by atoms with Crippen LogP contribution in [0.25, 0.3) is 99.4 Å². The van der Waals surface area contributed by atoms with Crippen LogP contribution in [0.1, 0.15) is 0 Å². The summed E-state index contributed by atoms with van der Waals surface area (Å²) in [7, 11) is 0. The predicted octanol–water partition coefficient (Wildman–Crippen LogP) is 18.0. The van der Waals surface area contributed by atoms with Crippen LogP contribution in [0.4, 0.5) is 34.3 Å². The molecule has 326 valence electrons. The normalized spacial score (nSPS) is 11.7. The number of para-hydroxylation sites is 1. The van der Waals surface area contributed by atoms with Crippen molar-refractivity contribution < 1.29 is 0 Å². The minimum Gasteiger partial charge on any atom is -0.309 e. The van der Waals surface area contributed by atoms with Crippen LogP contribution < -0.4 is 9.80 Å². The second kappa shape index (κ2) is 16.2. The van der Waals surface area contributed by atoms with Gasteiger partial charge in [0.1, 0.15) is 5.82 Å². The molecule has 2 aliphatic carbocycles. The zero-order chi connectivity index (χ0) is 46.1. The minimum absolute atomic E-state index is 0.860. The van der Waals surface area contributed by atoms with Crippen molar-refractivity contribution in [1.82, 2.24) is 9.97 Å². The maximum absolute atomic E-state index is 4.88. The molecule has 0 aliphatic heterocycles. The fourth-order valence-electron chi connectivity index (χ4n) is 11.2. The Morgan fingerprint density at radius 1 is 0.257 bits per heavy atom. The number of rotatable bonds is 9. The van der Waals surface area contributed by atoms with Crippen LogP contribution >= 0.6 is 0 Å². The first-order chi connectivity index (χ1) is 34.7. The van der Waals surface area contributed by atoms with Crippen LogP contribution in [0.15, 0.2) is 255 Å². The molecule has 2 aromatic heterocycles. The van der Waals surface area contributed by atoms with E-state index in [1.807, 2.05) is 30.7 Å². The van der Waals surface area contributed by atoms with Gasteiger partial charge in [0, 0.05) is 35.1 Å². The van der Waals surface area contributed by atoms with Gasteiger partial charge in [-0.3, -0.25) is 9.88 Å². The van der Waals surface area contributed by atoms with Crippen molar-refractivity contribution >= 4 is 55.8 Å². The minimum atomic E-state index is 0.860. The van der Waals surface area contributed by atoms with Gasteiger partial charge in [-0.1, -0.05) is 158 Å². The van der Waals surface area contributed by atoms with Crippen LogP contribution in [0.2, 0.25) is 0 Å². The van der Waals surface area contributed by atoms with Gasteiger partial charge in [-0.15, -0.1) is 0 Å². The van der Waals surface area contributed by atoms with Crippen molar-refractivity contribution in [3.8, 4) is 77.9 Å². The molecule has 4 heteroatoms. The average Bonchev–Trinajstić information content (AvgIpc) is 3.94. The zero-order valence-corrected chi connectivity index (χ0v) is 38.0. The van der Waals surface area contributed by atoms with Crippen LogP contribution in [0.5, 0.6) is 0 Å². The molecule has 0 saturated carbocycles. The van der Waals surface area contributed by atoms with E-state index in [0.29, 0.717) is 0 Å². The molecule has 0 N–H and O–H groups in total. The van der Waals surface area contributed by atoms with E-state index in [1.165, 1.54) is 93.9 Å². The van der Waals surface area contributed by atoms with Crippen molar-refractivity contribution in [1.29, 1.82) is 0 Å². The Hall–Kier alpha value is -9.38. The molecule has 14 rings (SSSR count). The topological polar surface area (TPSA) is 32.3 Å². The number of nitrogens with zero attached hydrogens (tertiary/aromatic N) is 4. The predicted molar refractivity (Wildman–Crippen MR) is 292 cm³/mol. The molecular weight excluding hydrogens is 849 g/mol. The molecule has 0 saturated heterocycles. The molecule has 2 heterocycles. The lowest BCUT2D eigenvalue weighted by Gasteiger charge is -2.25. The highest BCUT2D eigenvalue weighted by Gasteiger charge is 2.25. The molecule has 0 spiro atoms. The van der Waals surface area contributed by atoms with E-state index in [4.69, 9.17) is 4.98 Å². The highest BCUT2D eigenvalue weighted by Crippen LogP contribution is 2.52. The van der Waals surface area contributed by atoms with Crippen LogP contribution in [-0.2, 0) is 0 Å². The number of pyridine rings is 2. The Morgan fingerprint density at radius 3 is 1.39 bits per heavy atom. The van der Waals surface area contributed by atoms with Gasteiger partial charge in [0.25, 0.3) is 0 Å². The number of hydrogen-bond donors (Lipinski definition) is 0. The van der Waals surface area contributed by atoms with Gasteiger partial charge in [0.05, 0.1) is 11.9 Å². The van der Waals surface area contributed by atoms with E-state index >= 15 is 0 Å². The largest absolute Gasteiger partial charge is 0.309 e. The van der Waals surface area contributed by atoms with E-state index in [1.54, 1.807) is 0 Å². The molecule has 4 nitrogen and oxygen atoms in total. The second-order valence-electron chi connectivity index (χ2n) is 18.1. The second-order valence-corrected chi connectivity index (χ2v) is 18.1.